The average molecular weight is 350 g/mol. The van der Waals surface area contributed by atoms with Crippen LogP contribution in [0.3, 0.4) is 0 Å². The van der Waals surface area contributed by atoms with Gasteiger partial charge in [-0.2, -0.15) is 0 Å². The summed E-state index contributed by atoms with van der Waals surface area (Å²) in [5.41, 5.74) is 1.31. The van der Waals surface area contributed by atoms with Crippen LogP contribution in [0.15, 0.2) is 67.0 Å². The molecule has 0 aliphatic carbocycles. The molecule has 0 unspecified atom stereocenters. The number of methoxy groups -OCH3 is 1. The Hall–Kier alpha value is -3.74. The van der Waals surface area contributed by atoms with E-state index in [1.165, 1.54) is 42.3 Å². The van der Waals surface area contributed by atoms with Crippen molar-refractivity contribution in [2.24, 2.45) is 0 Å². The zero-order valence-electron chi connectivity index (χ0n) is 13.8. The summed E-state index contributed by atoms with van der Waals surface area (Å²) in [6, 6.07) is 14.4. The van der Waals surface area contributed by atoms with E-state index in [9.17, 15) is 19.7 Å². The Morgan fingerprint density at radius 2 is 1.77 bits per heavy atom. The molecule has 2 aromatic carbocycles. The maximum atomic E-state index is 12.6. The van der Waals surface area contributed by atoms with Gasteiger partial charge in [0.2, 0.25) is 0 Å². The van der Waals surface area contributed by atoms with Crippen molar-refractivity contribution < 1.29 is 19.2 Å². The highest BCUT2D eigenvalue weighted by Crippen LogP contribution is 2.29. The minimum Gasteiger partial charge on any atom is -0.465 e. The monoisotopic (exact) mass is 350 g/mol. The van der Waals surface area contributed by atoms with E-state index in [4.69, 9.17) is 4.74 Å². The molecule has 26 heavy (non-hydrogen) atoms. The maximum absolute atomic E-state index is 12.6. The van der Waals surface area contributed by atoms with Crippen molar-refractivity contribution in [1.82, 2.24) is 4.57 Å². The first-order valence-corrected chi connectivity index (χ1v) is 7.66. The highest BCUT2D eigenvalue weighted by atomic mass is 16.6. The molecule has 1 aromatic heterocycles. The van der Waals surface area contributed by atoms with Crippen molar-refractivity contribution in [2.45, 2.75) is 0 Å². The number of rotatable bonds is 4. The molecular formula is C19H14N2O5. The third-order valence-electron chi connectivity index (χ3n) is 3.86. The predicted octanol–water partition coefficient (Wildman–Crippen LogP) is 3.54. The van der Waals surface area contributed by atoms with Crippen LogP contribution in [0, 0.1) is 10.1 Å². The third-order valence-corrected chi connectivity index (χ3v) is 3.86. The van der Waals surface area contributed by atoms with Gasteiger partial charge in [0.25, 0.3) is 11.6 Å². The van der Waals surface area contributed by atoms with E-state index in [1.807, 2.05) is 0 Å². The molecule has 0 spiro atoms. The molecule has 0 saturated heterocycles. The Bertz CT molecular complexity index is 992. The van der Waals surface area contributed by atoms with Crippen molar-refractivity contribution in [1.29, 1.82) is 0 Å². The van der Waals surface area contributed by atoms with E-state index in [2.05, 4.69) is 0 Å². The van der Waals surface area contributed by atoms with Crippen molar-refractivity contribution in [3.63, 3.8) is 0 Å². The van der Waals surface area contributed by atoms with Crippen molar-refractivity contribution in [3.05, 3.63) is 88.2 Å². The molecule has 0 bridgehead atoms. The normalized spacial score (nSPS) is 10.3. The fourth-order valence-electron chi connectivity index (χ4n) is 2.59. The average Bonchev–Trinajstić information content (AvgIpc) is 3.13. The molecular weight excluding hydrogens is 336 g/mol. The number of hydrogen-bond acceptors (Lipinski definition) is 5. The first kappa shape index (κ1) is 17.1. The molecule has 0 aliphatic rings. The number of hydrogen-bond donors (Lipinski definition) is 0. The molecule has 0 fully saturated rings. The van der Waals surface area contributed by atoms with Crippen LogP contribution in [0.4, 0.5) is 5.69 Å². The number of carbonyl (C=O) groups excluding carboxylic acids is 2. The lowest BCUT2D eigenvalue weighted by molar-refractivity contribution is -0.384. The van der Waals surface area contributed by atoms with Crippen LogP contribution in [-0.4, -0.2) is 28.5 Å². The van der Waals surface area contributed by atoms with Gasteiger partial charge < -0.3 is 4.74 Å². The summed E-state index contributed by atoms with van der Waals surface area (Å²) in [5, 5.41) is 11.0. The number of nitro benzene ring substituents is 1. The minimum atomic E-state index is -0.633. The molecule has 3 rings (SSSR count). The van der Waals surface area contributed by atoms with Gasteiger partial charge >= 0.3 is 5.97 Å². The molecule has 3 aromatic rings. The van der Waals surface area contributed by atoms with Crippen LogP contribution in [0.2, 0.25) is 0 Å². The summed E-state index contributed by atoms with van der Waals surface area (Å²) in [6.07, 6.45) is 2.84. The highest BCUT2D eigenvalue weighted by molar-refractivity contribution is 6.02. The quantitative estimate of drug-likeness (QED) is 0.408. The number of benzene rings is 2. The smallest absolute Gasteiger partial charge is 0.340 e. The molecule has 0 radical (unpaired) electrons. The standard InChI is InChI=1S/C19H14N2O5/c1-26-19(23)17-12-20(18(22)13-6-3-2-4-7-13)11-16(17)14-8-5-9-15(10-14)21(24)25/h2-12H,1H3. The first-order chi connectivity index (χ1) is 12.5. The zero-order chi connectivity index (χ0) is 18.7. The number of aromatic nitrogens is 1. The van der Waals surface area contributed by atoms with Gasteiger partial charge in [0.15, 0.2) is 0 Å². The van der Waals surface area contributed by atoms with Crippen LogP contribution in [-0.2, 0) is 4.74 Å². The van der Waals surface area contributed by atoms with Gasteiger partial charge in [-0.05, 0) is 17.7 Å². The van der Waals surface area contributed by atoms with Crippen LogP contribution in [0.1, 0.15) is 20.7 Å². The number of carbonyl (C=O) groups is 2. The van der Waals surface area contributed by atoms with E-state index in [0.29, 0.717) is 16.7 Å². The van der Waals surface area contributed by atoms with Crippen LogP contribution < -0.4 is 0 Å². The molecule has 7 heteroatoms. The van der Waals surface area contributed by atoms with Gasteiger partial charge in [0.05, 0.1) is 17.6 Å². The highest BCUT2D eigenvalue weighted by Gasteiger charge is 2.21. The van der Waals surface area contributed by atoms with Crippen molar-refractivity contribution in [3.8, 4) is 11.1 Å². The molecule has 0 aliphatic heterocycles. The topological polar surface area (TPSA) is 91.4 Å². The van der Waals surface area contributed by atoms with Crippen LogP contribution in [0.25, 0.3) is 11.1 Å². The third kappa shape index (κ3) is 3.23. The molecule has 7 nitrogen and oxygen atoms in total. The van der Waals surface area contributed by atoms with Gasteiger partial charge in [-0.1, -0.05) is 30.3 Å². The largest absolute Gasteiger partial charge is 0.465 e. The molecule has 0 amide bonds. The van der Waals surface area contributed by atoms with E-state index in [1.54, 1.807) is 36.4 Å². The second kappa shape index (κ2) is 7.02. The summed E-state index contributed by atoms with van der Waals surface area (Å²) in [5.74, 6) is -0.960. The number of esters is 1. The minimum absolute atomic E-state index is 0.111. The number of nitrogens with zero attached hydrogens (tertiary/aromatic N) is 2. The van der Waals surface area contributed by atoms with Crippen molar-refractivity contribution in [2.75, 3.05) is 7.11 Å². The summed E-state index contributed by atoms with van der Waals surface area (Å²) in [4.78, 5) is 35.2. The summed E-state index contributed by atoms with van der Waals surface area (Å²) >= 11 is 0. The number of non-ortho nitro benzene ring substituents is 1. The Morgan fingerprint density at radius 1 is 1.04 bits per heavy atom. The Labute approximate surface area is 148 Å². The lowest BCUT2D eigenvalue weighted by Crippen LogP contribution is -2.09. The fourth-order valence-corrected chi connectivity index (χ4v) is 2.59. The van der Waals surface area contributed by atoms with E-state index in [-0.39, 0.29) is 17.2 Å². The molecule has 0 saturated carbocycles. The van der Waals surface area contributed by atoms with Gasteiger partial charge in [0.1, 0.15) is 0 Å². The molecule has 0 N–H and O–H groups in total. The summed E-state index contributed by atoms with van der Waals surface area (Å²) in [7, 11) is 1.23. The lowest BCUT2D eigenvalue weighted by atomic mass is 10.0. The van der Waals surface area contributed by atoms with E-state index < -0.39 is 10.9 Å². The molecule has 130 valence electrons. The Balaban J connectivity index is 2.11. The zero-order valence-corrected chi connectivity index (χ0v) is 13.8. The fraction of sp³-hybridized carbons (Fsp3) is 0.0526. The SMILES string of the molecule is COC(=O)c1cn(C(=O)c2ccccc2)cc1-c1cccc([N+](=O)[O-])c1. The second-order valence-electron chi connectivity index (χ2n) is 5.46. The Kier molecular flexibility index (Phi) is 4.62. The van der Waals surface area contributed by atoms with Crippen LogP contribution in [0.5, 0.6) is 0 Å². The molecule has 1 heterocycles. The first-order valence-electron chi connectivity index (χ1n) is 7.66. The Morgan fingerprint density at radius 3 is 2.42 bits per heavy atom. The lowest BCUT2D eigenvalue weighted by Gasteiger charge is -2.02. The number of nitro groups is 1. The summed E-state index contributed by atoms with van der Waals surface area (Å²) < 4.78 is 6.05. The van der Waals surface area contributed by atoms with Gasteiger partial charge in [0, 0.05) is 35.7 Å². The maximum Gasteiger partial charge on any atom is 0.340 e. The van der Waals surface area contributed by atoms with Gasteiger partial charge in [-0.15, -0.1) is 0 Å². The predicted molar refractivity (Wildman–Crippen MR) is 94.0 cm³/mol. The molecule has 0 atom stereocenters. The second-order valence-corrected chi connectivity index (χ2v) is 5.46. The van der Waals surface area contributed by atoms with Crippen LogP contribution >= 0.6 is 0 Å². The van der Waals surface area contributed by atoms with E-state index in [0.717, 1.165) is 0 Å². The van der Waals surface area contributed by atoms with Gasteiger partial charge in [-0.25, -0.2) is 4.79 Å². The van der Waals surface area contributed by atoms with Gasteiger partial charge in [-0.3, -0.25) is 19.5 Å². The summed E-state index contributed by atoms with van der Waals surface area (Å²) in [6.45, 7) is 0. The number of ether oxygens (including phenoxy) is 1. The van der Waals surface area contributed by atoms with E-state index >= 15 is 0 Å². The van der Waals surface area contributed by atoms with Crippen molar-refractivity contribution >= 4 is 17.6 Å².